The summed E-state index contributed by atoms with van der Waals surface area (Å²) in [5.41, 5.74) is 0.869. The van der Waals surface area contributed by atoms with Crippen LogP contribution in [0.2, 0.25) is 0 Å². The second kappa shape index (κ2) is 6.32. The molecule has 1 aromatic rings. The number of rotatable bonds is 4. The van der Waals surface area contributed by atoms with Gasteiger partial charge in [0.1, 0.15) is 0 Å². The van der Waals surface area contributed by atoms with Gasteiger partial charge in [-0.3, -0.25) is 9.78 Å². The fourth-order valence-electron chi connectivity index (χ4n) is 1.74. The number of morpholine rings is 1. The summed E-state index contributed by atoms with van der Waals surface area (Å²) in [7, 11) is 0. The van der Waals surface area contributed by atoms with E-state index in [-0.39, 0.29) is 11.9 Å². The van der Waals surface area contributed by atoms with Crippen molar-refractivity contribution >= 4 is 5.91 Å². The van der Waals surface area contributed by atoms with E-state index in [0.29, 0.717) is 19.6 Å². The summed E-state index contributed by atoms with van der Waals surface area (Å²) < 4.78 is 5.29. The average Bonchev–Trinajstić information content (AvgIpc) is 2.39. The van der Waals surface area contributed by atoms with E-state index in [1.165, 1.54) is 0 Å². The first-order valence-corrected chi connectivity index (χ1v) is 5.82. The van der Waals surface area contributed by atoms with Gasteiger partial charge in [0.25, 0.3) is 0 Å². The second-order valence-corrected chi connectivity index (χ2v) is 4.03. The summed E-state index contributed by atoms with van der Waals surface area (Å²) in [6, 6.07) is 5.79. The van der Waals surface area contributed by atoms with Gasteiger partial charge < -0.3 is 15.4 Å². The quantitative estimate of drug-likeness (QED) is 0.775. The van der Waals surface area contributed by atoms with Crippen LogP contribution in [0.4, 0.5) is 0 Å². The zero-order valence-electron chi connectivity index (χ0n) is 9.69. The fraction of sp³-hybridized carbons (Fsp3) is 0.500. The van der Waals surface area contributed by atoms with Crippen LogP contribution in [0.5, 0.6) is 0 Å². The first-order valence-electron chi connectivity index (χ1n) is 5.82. The Balaban J connectivity index is 1.70. The van der Waals surface area contributed by atoms with Crippen LogP contribution in [0.15, 0.2) is 24.4 Å². The van der Waals surface area contributed by atoms with Crippen LogP contribution in [-0.2, 0) is 16.1 Å². The highest BCUT2D eigenvalue weighted by Crippen LogP contribution is 1.99. The zero-order valence-corrected chi connectivity index (χ0v) is 9.69. The lowest BCUT2D eigenvalue weighted by molar-refractivity contribution is -0.122. The first kappa shape index (κ1) is 12.0. The zero-order chi connectivity index (χ0) is 11.9. The predicted molar refractivity (Wildman–Crippen MR) is 63.3 cm³/mol. The fourth-order valence-corrected chi connectivity index (χ4v) is 1.74. The molecule has 2 N–H and O–H groups in total. The molecule has 1 saturated heterocycles. The molecule has 0 saturated carbocycles. The molecule has 0 aromatic carbocycles. The average molecular weight is 235 g/mol. The molecule has 17 heavy (non-hydrogen) atoms. The van der Waals surface area contributed by atoms with Crippen LogP contribution >= 0.6 is 0 Å². The Bertz CT molecular complexity index is 350. The normalized spacial score (nSPS) is 19.9. The molecule has 2 rings (SSSR count). The number of amides is 1. The van der Waals surface area contributed by atoms with E-state index in [4.69, 9.17) is 4.74 Å². The van der Waals surface area contributed by atoms with Crippen molar-refractivity contribution in [1.29, 1.82) is 0 Å². The number of pyridine rings is 1. The minimum absolute atomic E-state index is 0.0265. The first-order chi connectivity index (χ1) is 8.34. The molecular weight excluding hydrogens is 218 g/mol. The maximum atomic E-state index is 11.7. The van der Waals surface area contributed by atoms with Crippen LogP contribution in [0.3, 0.4) is 0 Å². The Morgan fingerprint density at radius 2 is 2.53 bits per heavy atom. The molecule has 1 aromatic heterocycles. The largest absolute Gasteiger partial charge is 0.378 e. The molecule has 1 aliphatic heterocycles. The molecular formula is C12H17N3O2. The van der Waals surface area contributed by atoms with Crippen LogP contribution in [0.1, 0.15) is 12.1 Å². The van der Waals surface area contributed by atoms with Gasteiger partial charge in [-0.2, -0.15) is 0 Å². The number of ether oxygens (including phenoxy) is 1. The molecule has 1 atom stereocenters. The SMILES string of the molecule is O=C(CC1COCCN1)NCc1ccccn1. The highest BCUT2D eigenvalue weighted by atomic mass is 16.5. The maximum absolute atomic E-state index is 11.7. The Morgan fingerprint density at radius 3 is 3.24 bits per heavy atom. The summed E-state index contributed by atoms with van der Waals surface area (Å²) in [6.07, 6.45) is 2.17. The third kappa shape index (κ3) is 4.13. The van der Waals surface area contributed by atoms with E-state index in [2.05, 4.69) is 15.6 Å². The molecule has 5 heteroatoms. The maximum Gasteiger partial charge on any atom is 0.221 e. The number of carbonyl (C=O) groups excluding carboxylic acids is 1. The lowest BCUT2D eigenvalue weighted by atomic mass is 10.2. The standard InChI is InChI=1S/C12H17N3O2/c16-12(7-11-9-17-6-5-14-11)15-8-10-3-1-2-4-13-10/h1-4,11,14H,5-9H2,(H,15,16). The van der Waals surface area contributed by atoms with Crippen molar-refractivity contribution in [2.75, 3.05) is 19.8 Å². The van der Waals surface area contributed by atoms with Gasteiger partial charge in [0.15, 0.2) is 0 Å². The highest BCUT2D eigenvalue weighted by Gasteiger charge is 2.16. The van der Waals surface area contributed by atoms with E-state index in [1.807, 2.05) is 18.2 Å². The number of nitrogens with zero attached hydrogens (tertiary/aromatic N) is 1. The van der Waals surface area contributed by atoms with Crippen molar-refractivity contribution in [3.8, 4) is 0 Å². The predicted octanol–water partition coefficient (Wildman–Crippen LogP) is 0.0763. The van der Waals surface area contributed by atoms with Crippen LogP contribution in [-0.4, -0.2) is 36.7 Å². The Labute approximate surface area is 101 Å². The highest BCUT2D eigenvalue weighted by molar-refractivity contribution is 5.76. The van der Waals surface area contributed by atoms with Gasteiger partial charge in [-0.05, 0) is 12.1 Å². The summed E-state index contributed by atoms with van der Waals surface area (Å²) in [4.78, 5) is 15.8. The topological polar surface area (TPSA) is 63.2 Å². The van der Waals surface area contributed by atoms with Crippen molar-refractivity contribution in [2.24, 2.45) is 0 Å². The van der Waals surface area contributed by atoms with E-state index >= 15 is 0 Å². The van der Waals surface area contributed by atoms with Crippen LogP contribution < -0.4 is 10.6 Å². The number of hydrogen-bond acceptors (Lipinski definition) is 4. The molecule has 0 radical (unpaired) electrons. The molecule has 5 nitrogen and oxygen atoms in total. The van der Waals surface area contributed by atoms with Gasteiger partial charge in [0.2, 0.25) is 5.91 Å². The smallest absolute Gasteiger partial charge is 0.221 e. The monoisotopic (exact) mass is 235 g/mol. The number of nitrogens with one attached hydrogen (secondary N) is 2. The van der Waals surface area contributed by atoms with Gasteiger partial charge in [-0.25, -0.2) is 0 Å². The molecule has 1 fully saturated rings. The van der Waals surface area contributed by atoms with Crippen molar-refractivity contribution in [3.05, 3.63) is 30.1 Å². The third-order valence-corrected chi connectivity index (χ3v) is 2.62. The summed E-state index contributed by atoms with van der Waals surface area (Å²) >= 11 is 0. The van der Waals surface area contributed by atoms with Gasteiger partial charge >= 0.3 is 0 Å². The van der Waals surface area contributed by atoms with Gasteiger partial charge in [-0.15, -0.1) is 0 Å². The van der Waals surface area contributed by atoms with Crippen LogP contribution in [0, 0.1) is 0 Å². The Kier molecular flexibility index (Phi) is 4.46. The molecule has 0 spiro atoms. The minimum Gasteiger partial charge on any atom is -0.378 e. The Hall–Kier alpha value is -1.46. The van der Waals surface area contributed by atoms with Gasteiger partial charge in [0.05, 0.1) is 25.5 Å². The summed E-state index contributed by atoms with van der Waals surface area (Å²) in [6.45, 7) is 2.63. The van der Waals surface area contributed by atoms with Crippen LogP contribution in [0.25, 0.3) is 0 Å². The molecule has 0 aliphatic carbocycles. The van der Waals surface area contributed by atoms with Crippen molar-refractivity contribution in [3.63, 3.8) is 0 Å². The number of aromatic nitrogens is 1. The minimum atomic E-state index is 0.0265. The molecule has 92 valence electrons. The van der Waals surface area contributed by atoms with E-state index in [9.17, 15) is 4.79 Å². The summed E-state index contributed by atoms with van der Waals surface area (Å²) in [5.74, 6) is 0.0265. The van der Waals surface area contributed by atoms with Gasteiger partial charge in [-0.1, -0.05) is 6.07 Å². The van der Waals surface area contributed by atoms with Crippen molar-refractivity contribution in [2.45, 2.75) is 19.0 Å². The van der Waals surface area contributed by atoms with Crippen molar-refractivity contribution in [1.82, 2.24) is 15.6 Å². The molecule has 0 bridgehead atoms. The second-order valence-electron chi connectivity index (χ2n) is 4.03. The lowest BCUT2D eigenvalue weighted by Crippen LogP contribution is -2.44. The molecule has 1 amide bonds. The third-order valence-electron chi connectivity index (χ3n) is 2.62. The summed E-state index contributed by atoms with van der Waals surface area (Å²) in [5, 5.41) is 6.10. The number of carbonyl (C=O) groups is 1. The molecule has 1 aliphatic rings. The van der Waals surface area contributed by atoms with Gasteiger partial charge in [0, 0.05) is 25.2 Å². The Morgan fingerprint density at radius 1 is 1.59 bits per heavy atom. The van der Waals surface area contributed by atoms with E-state index < -0.39 is 0 Å². The lowest BCUT2D eigenvalue weighted by Gasteiger charge is -2.23. The van der Waals surface area contributed by atoms with Crippen molar-refractivity contribution < 1.29 is 9.53 Å². The number of hydrogen-bond donors (Lipinski definition) is 2. The molecule has 2 heterocycles. The molecule has 1 unspecified atom stereocenters. The van der Waals surface area contributed by atoms with E-state index in [0.717, 1.165) is 18.8 Å². The van der Waals surface area contributed by atoms with E-state index in [1.54, 1.807) is 6.20 Å².